The smallest absolute Gasteiger partial charge is 0.291 e. The first-order valence-electron chi connectivity index (χ1n) is 8.00. The molecule has 0 spiro atoms. The Balaban J connectivity index is 1.67. The number of nitrogens with one attached hydrogen (secondary N) is 1. The molecule has 0 unspecified atom stereocenters. The van der Waals surface area contributed by atoms with E-state index in [0.29, 0.717) is 28.0 Å². The van der Waals surface area contributed by atoms with Crippen LogP contribution in [0.1, 0.15) is 11.6 Å². The number of carbonyl (C=O) groups excluding carboxylic acids is 1. The molecule has 0 fully saturated rings. The van der Waals surface area contributed by atoms with E-state index in [1.54, 1.807) is 35.6 Å². The van der Waals surface area contributed by atoms with Gasteiger partial charge in [-0.1, -0.05) is 0 Å². The monoisotopic (exact) mass is 354 g/mol. The summed E-state index contributed by atoms with van der Waals surface area (Å²) in [6.45, 7) is 1.75. The molecule has 0 aliphatic carbocycles. The molecule has 0 saturated heterocycles. The zero-order valence-corrected chi connectivity index (χ0v) is 13.9. The van der Waals surface area contributed by atoms with Crippen LogP contribution in [0.4, 0.5) is 4.39 Å². The van der Waals surface area contributed by atoms with E-state index in [1.165, 1.54) is 18.4 Å². The van der Waals surface area contributed by atoms with E-state index >= 15 is 0 Å². The number of rotatable bonds is 4. The van der Waals surface area contributed by atoms with E-state index in [9.17, 15) is 14.0 Å². The zero-order chi connectivity index (χ0) is 18.3. The maximum absolute atomic E-state index is 13.4. The lowest BCUT2D eigenvalue weighted by molar-refractivity contribution is -0.122. The van der Waals surface area contributed by atoms with Crippen LogP contribution in [0.5, 0.6) is 0 Å². The predicted octanol–water partition coefficient (Wildman–Crippen LogP) is 2.01. The van der Waals surface area contributed by atoms with Gasteiger partial charge < -0.3 is 9.73 Å². The minimum absolute atomic E-state index is 0.216. The molecule has 1 aromatic carbocycles. The third kappa shape index (κ3) is 2.75. The van der Waals surface area contributed by atoms with Crippen molar-refractivity contribution in [2.75, 3.05) is 0 Å². The number of furan rings is 1. The molecule has 4 aromatic rings. The second-order valence-electron chi connectivity index (χ2n) is 5.93. The summed E-state index contributed by atoms with van der Waals surface area (Å²) in [5.41, 5.74) is 0.621. The number of halogens is 1. The molecule has 0 aliphatic heterocycles. The second-order valence-corrected chi connectivity index (χ2v) is 5.93. The zero-order valence-electron chi connectivity index (χ0n) is 13.9. The lowest BCUT2D eigenvalue weighted by Gasteiger charge is -2.09. The molecule has 3 aromatic heterocycles. The fourth-order valence-electron chi connectivity index (χ4n) is 2.99. The quantitative estimate of drug-likeness (QED) is 0.608. The van der Waals surface area contributed by atoms with Crippen LogP contribution in [-0.4, -0.2) is 20.1 Å². The number of hydrogen-bond donors (Lipinski definition) is 1. The van der Waals surface area contributed by atoms with E-state index in [1.807, 2.05) is 0 Å². The summed E-state index contributed by atoms with van der Waals surface area (Å²) >= 11 is 0. The average molecular weight is 354 g/mol. The van der Waals surface area contributed by atoms with Gasteiger partial charge >= 0.3 is 0 Å². The number of aryl methyl sites for hydroxylation is 1. The molecular weight excluding hydrogens is 339 g/mol. The van der Waals surface area contributed by atoms with Crippen molar-refractivity contribution < 1.29 is 13.6 Å². The number of carbonyl (C=O) groups is 1. The molecule has 3 heterocycles. The average Bonchev–Trinajstić information content (AvgIpc) is 3.24. The molecule has 0 aliphatic rings. The largest absolute Gasteiger partial charge is 0.467 e. The number of hydrogen-bond acceptors (Lipinski definition) is 4. The van der Waals surface area contributed by atoms with Gasteiger partial charge in [0.2, 0.25) is 5.91 Å². The highest BCUT2D eigenvalue weighted by atomic mass is 19.1. The fraction of sp³-hybridized carbons (Fsp3) is 0.167. The number of nitrogens with zero attached hydrogens (tertiary/aromatic N) is 3. The molecule has 0 radical (unpaired) electrons. The first-order chi connectivity index (χ1) is 12.5. The summed E-state index contributed by atoms with van der Waals surface area (Å²) in [7, 11) is 0. The Morgan fingerprint density at radius 2 is 2.12 bits per heavy atom. The standard InChI is InChI=1S/C18H15FN4O3/c1-11-21-22(10-17(24)20-9-14-3-2-6-26-14)18(25)16-8-12-7-13(19)4-5-15(12)23(11)16/h2-8H,9-10H2,1H3,(H,20,24). The summed E-state index contributed by atoms with van der Waals surface area (Å²) < 4.78 is 21.4. The van der Waals surface area contributed by atoms with Crippen LogP contribution < -0.4 is 10.9 Å². The Morgan fingerprint density at radius 1 is 1.27 bits per heavy atom. The molecule has 0 saturated carbocycles. The van der Waals surface area contributed by atoms with Gasteiger partial charge in [0.1, 0.15) is 29.5 Å². The molecule has 1 N–H and O–H groups in total. The van der Waals surface area contributed by atoms with Crippen molar-refractivity contribution in [1.82, 2.24) is 19.5 Å². The lowest BCUT2D eigenvalue weighted by atomic mass is 10.2. The van der Waals surface area contributed by atoms with Crippen LogP contribution in [0.15, 0.2) is 51.9 Å². The molecular formula is C18H15FN4O3. The van der Waals surface area contributed by atoms with Crippen molar-refractivity contribution >= 4 is 22.3 Å². The van der Waals surface area contributed by atoms with Crippen LogP contribution in [-0.2, 0) is 17.9 Å². The molecule has 7 nitrogen and oxygen atoms in total. The highest BCUT2D eigenvalue weighted by Gasteiger charge is 2.14. The molecule has 8 heteroatoms. The van der Waals surface area contributed by atoms with Gasteiger partial charge in [-0.05, 0) is 43.3 Å². The summed E-state index contributed by atoms with van der Waals surface area (Å²) in [5, 5.41) is 7.50. The maximum Gasteiger partial charge on any atom is 0.291 e. The SMILES string of the molecule is Cc1nn(CC(=O)NCc2ccco2)c(=O)c2cc3cc(F)ccc3n12. The van der Waals surface area contributed by atoms with E-state index in [4.69, 9.17) is 4.42 Å². The van der Waals surface area contributed by atoms with Crippen molar-refractivity contribution in [1.29, 1.82) is 0 Å². The summed E-state index contributed by atoms with van der Waals surface area (Å²) in [5.74, 6) is 0.406. The van der Waals surface area contributed by atoms with Crippen LogP contribution in [0, 0.1) is 12.7 Å². The maximum atomic E-state index is 13.4. The second kappa shape index (κ2) is 6.14. The lowest BCUT2D eigenvalue weighted by Crippen LogP contribution is -2.34. The van der Waals surface area contributed by atoms with E-state index in [2.05, 4.69) is 10.4 Å². The van der Waals surface area contributed by atoms with Gasteiger partial charge in [0.05, 0.1) is 18.3 Å². The Morgan fingerprint density at radius 3 is 2.88 bits per heavy atom. The first-order valence-corrected chi connectivity index (χ1v) is 8.00. The molecule has 26 heavy (non-hydrogen) atoms. The van der Waals surface area contributed by atoms with E-state index < -0.39 is 5.56 Å². The van der Waals surface area contributed by atoms with Gasteiger partial charge in [0, 0.05) is 5.39 Å². The highest BCUT2D eigenvalue weighted by Crippen LogP contribution is 2.20. The van der Waals surface area contributed by atoms with Crippen molar-refractivity contribution in [3.63, 3.8) is 0 Å². The van der Waals surface area contributed by atoms with Crippen LogP contribution >= 0.6 is 0 Å². The summed E-state index contributed by atoms with van der Waals surface area (Å²) in [6.07, 6.45) is 1.52. The molecule has 132 valence electrons. The Kier molecular flexibility index (Phi) is 3.80. The highest BCUT2D eigenvalue weighted by molar-refractivity contribution is 5.87. The Bertz CT molecular complexity index is 1170. The third-order valence-electron chi connectivity index (χ3n) is 4.14. The Hall–Kier alpha value is -3.42. The number of amides is 1. The third-order valence-corrected chi connectivity index (χ3v) is 4.14. The van der Waals surface area contributed by atoms with Gasteiger partial charge in [-0.15, -0.1) is 0 Å². The number of aromatic nitrogens is 3. The first kappa shape index (κ1) is 16.1. The Labute approximate surface area is 146 Å². The van der Waals surface area contributed by atoms with Crippen molar-refractivity contribution in [3.8, 4) is 0 Å². The van der Waals surface area contributed by atoms with Gasteiger partial charge in [-0.25, -0.2) is 9.07 Å². The van der Waals surface area contributed by atoms with Crippen molar-refractivity contribution in [2.45, 2.75) is 20.0 Å². The van der Waals surface area contributed by atoms with Crippen LogP contribution in [0.2, 0.25) is 0 Å². The minimum atomic E-state index is -0.416. The van der Waals surface area contributed by atoms with E-state index in [-0.39, 0.29) is 24.8 Å². The van der Waals surface area contributed by atoms with Gasteiger partial charge in [-0.2, -0.15) is 5.10 Å². The predicted molar refractivity (Wildman–Crippen MR) is 92.2 cm³/mol. The number of fused-ring (bicyclic) bond motifs is 3. The van der Waals surface area contributed by atoms with Gasteiger partial charge in [0.15, 0.2) is 0 Å². The van der Waals surface area contributed by atoms with Crippen molar-refractivity contribution in [3.05, 3.63) is 70.4 Å². The van der Waals surface area contributed by atoms with Crippen LogP contribution in [0.3, 0.4) is 0 Å². The van der Waals surface area contributed by atoms with Gasteiger partial charge in [-0.3, -0.25) is 14.0 Å². The molecule has 4 rings (SSSR count). The molecule has 1 amide bonds. The van der Waals surface area contributed by atoms with Crippen molar-refractivity contribution in [2.24, 2.45) is 0 Å². The molecule has 0 atom stereocenters. The minimum Gasteiger partial charge on any atom is -0.467 e. The topological polar surface area (TPSA) is 81.5 Å². The number of benzene rings is 1. The summed E-state index contributed by atoms with van der Waals surface area (Å²) in [4.78, 5) is 24.8. The molecule has 0 bridgehead atoms. The fourth-order valence-corrected chi connectivity index (χ4v) is 2.99. The van der Waals surface area contributed by atoms with Gasteiger partial charge in [0.25, 0.3) is 5.56 Å². The summed E-state index contributed by atoms with van der Waals surface area (Å²) in [6, 6.07) is 9.37. The van der Waals surface area contributed by atoms with E-state index in [0.717, 1.165) is 4.68 Å². The normalized spacial score (nSPS) is 11.3. The van der Waals surface area contributed by atoms with Crippen LogP contribution in [0.25, 0.3) is 16.4 Å².